The number of hydrogen-bond donors (Lipinski definition) is 2. The van der Waals surface area contributed by atoms with E-state index in [1.165, 1.54) is 5.69 Å². The van der Waals surface area contributed by atoms with Crippen LogP contribution in [0.4, 0.5) is 5.69 Å². The number of anilines is 1. The van der Waals surface area contributed by atoms with E-state index in [4.69, 9.17) is 0 Å². The van der Waals surface area contributed by atoms with E-state index in [2.05, 4.69) is 48.0 Å². The number of aromatic amines is 1. The average Bonchev–Trinajstić information content (AvgIpc) is 3.00. The quantitative estimate of drug-likeness (QED) is 0.824. The van der Waals surface area contributed by atoms with Gasteiger partial charge in [0.05, 0.1) is 6.54 Å². The van der Waals surface area contributed by atoms with Gasteiger partial charge in [-0.15, -0.1) is 10.2 Å². The van der Waals surface area contributed by atoms with E-state index in [0.717, 1.165) is 31.8 Å². The summed E-state index contributed by atoms with van der Waals surface area (Å²) in [5.74, 6) is 0.719. The Balaban J connectivity index is 1.47. The highest BCUT2D eigenvalue weighted by molar-refractivity contribution is 5.44. The van der Waals surface area contributed by atoms with Crippen molar-refractivity contribution in [3.63, 3.8) is 0 Å². The first-order valence-corrected chi connectivity index (χ1v) is 6.52. The van der Waals surface area contributed by atoms with E-state index < -0.39 is 0 Å². The van der Waals surface area contributed by atoms with Gasteiger partial charge in [0.2, 0.25) is 0 Å². The van der Waals surface area contributed by atoms with Crippen molar-refractivity contribution < 1.29 is 0 Å². The van der Waals surface area contributed by atoms with Crippen molar-refractivity contribution in [2.45, 2.75) is 25.4 Å². The Hall–Kier alpha value is -2.02. The van der Waals surface area contributed by atoms with Gasteiger partial charge >= 0.3 is 0 Å². The molecule has 7 heteroatoms. The second kappa shape index (κ2) is 5.75. The standard InChI is InChI=1S/C12H17N7/c1-5-13-6-2-11(1)19-7-3-10(4-8-19)14-9-12-15-17-18-16-12/h1-2,5-6,10,14H,3-4,7-9H2,(H,15,16,17,18). The fraction of sp³-hybridized carbons (Fsp3) is 0.500. The summed E-state index contributed by atoms with van der Waals surface area (Å²) < 4.78 is 0. The summed E-state index contributed by atoms with van der Waals surface area (Å²) in [6.07, 6.45) is 5.94. The number of aromatic nitrogens is 5. The summed E-state index contributed by atoms with van der Waals surface area (Å²) in [6, 6.07) is 4.65. The molecule has 0 saturated carbocycles. The third-order valence-corrected chi connectivity index (χ3v) is 3.46. The molecule has 1 saturated heterocycles. The van der Waals surface area contributed by atoms with Crippen LogP contribution in [0.25, 0.3) is 0 Å². The molecular formula is C12H17N7. The Kier molecular flexibility index (Phi) is 3.64. The van der Waals surface area contributed by atoms with Crippen LogP contribution in [0.2, 0.25) is 0 Å². The summed E-state index contributed by atoms with van der Waals surface area (Å²) in [7, 11) is 0. The fourth-order valence-electron chi connectivity index (χ4n) is 2.39. The Labute approximate surface area is 111 Å². The van der Waals surface area contributed by atoms with E-state index in [-0.39, 0.29) is 0 Å². The van der Waals surface area contributed by atoms with Crippen LogP contribution in [0.1, 0.15) is 18.7 Å². The number of tetrazole rings is 1. The van der Waals surface area contributed by atoms with Crippen molar-refractivity contribution in [1.29, 1.82) is 0 Å². The summed E-state index contributed by atoms with van der Waals surface area (Å²) >= 11 is 0. The molecule has 1 aliphatic rings. The molecular weight excluding hydrogens is 242 g/mol. The van der Waals surface area contributed by atoms with Crippen LogP contribution in [0.3, 0.4) is 0 Å². The molecule has 7 nitrogen and oxygen atoms in total. The van der Waals surface area contributed by atoms with Crippen LogP contribution in [0.15, 0.2) is 24.5 Å². The summed E-state index contributed by atoms with van der Waals surface area (Å²) in [6.45, 7) is 2.80. The Morgan fingerprint density at radius 1 is 1.26 bits per heavy atom. The highest BCUT2D eigenvalue weighted by Gasteiger charge is 2.19. The lowest BCUT2D eigenvalue weighted by atomic mass is 10.0. The molecule has 100 valence electrons. The lowest BCUT2D eigenvalue weighted by Gasteiger charge is -2.33. The maximum Gasteiger partial charge on any atom is 0.188 e. The molecule has 1 aliphatic heterocycles. The van der Waals surface area contributed by atoms with Gasteiger partial charge in [-0.1, -0.05) is 5.21 Å². The molecule has 2 N–H and O–H groups in total. The van der Waals surface area contributed by atoms with Gasteiger partial charge in [0.25, 0.3) is 0 Å². The van der Waals surface area contributed by atoms with Crippen LogP contribution in [-0.4, -0.2) is 44.7 Å². The topological polar surface area (TPSA) is 82.6 Å². The van der Waals surface area contributed by atoms with E-state index in [9.17, 15) is 0 Å². The fourth-order valence-corrected chi connectivity index (χ4v) is 2.39. The van der Waals surface area contributed by atoms with Gasteiger partial charge in [0.15, 0.2) is 5.82 Å². The molecule has 0 spiro atoms. The second-order valence-electron chi connectivity index (χ2n) is 4.68. The minimum Gasteiger partial charge on any atom is -0.371 e. The Morgan fingerprint density at radius 3 is 2.74 bits per heavy atom. The van der Waals surface area contributed by atoms with E-state index in [1.54, 1.807) is 0 Å². The number of rotatable bonds is 4. The van der Waals surface area contributed by atoms with Gasteiger partial charge in [0, 0.05) is 37.2 Å². The first-order valence-electron chi connectivity index (χ1n) is 6.52. The summed E-state index contributed by atoms with van der Waals surface area (Å²) in [5.41, 5.74) is 1.26. The third-order valence-electron chi connectivity index (χ3n) is 3.46. The molecule has 0 aliphatic carbocycles. The monoisotopic (exact) mass is 259 g/mol. The van der Waals surface area contributed by atoms with Gasteiger partial charge in [0.1, 0.15) is 0 Å². The highest BCUT2D eigenvalue weighted by Crippen LogP contribution is 2.18. The molecule has 0 bridgehead atoms. The number of nitrogens with zero attached hydrogens (tertiary/aromatic N) is 5. The zero-order valence-corrected chi connectivity index (χ0v) is 10.7. The maximum absolute atomic E-state index is 4.05. The van der Waals surface area contributed by atoms with Crippen molar-refractivity contribution in [2.24, 2.45) is 0 Å². The number of nitrogens with one attached hydrogen (secondary N) is 2. The molecule has 0 atom stereocenters. The zero-order valence-electron chi connectivity index (χ0n) is 10.7. The highest BCUT2D eigenvalue weighted by atomic mass is 15.5. The molecule has 3 heterocycles. The van der Waals surface area contributed by atoms with Gasteiger partial charge in [-0.05, 0) is 25.0 Å². The summed E-state index contributed by atoms with van der Waals surface area (Å²) in [4.78, 5) is 6.45. The summed E-state index contributed by atoms with van der Waals surface area (Å²) in [5, 5.41) is 17.4. The van der Waals surface area contributed by atoms with Crippen molar-refractivity contribution in [3.8, 4) is 0 Å². The zero-order chi connectivity index (χ0) is 12.9. The molecule has 0 aromatic carbocycles. The van der Waals surface area contributed by atoms with Gasteiger partial charge in [-0.25, -0.2) is 0 Å². The molecule has 0 unspecified atom stereocenters. The third kappa shape index (κ3) is 3.05. The minimum atomic E-state index is 0.525. The normalized spacial score (nSPS) is 16.7. The number of hydrogen-bond acceptors (Lipinski definition) is 6. The second-order valence-corrected chi connectivity index (χ2v) is 4.68. The average molecular weight is 259 g/mol. The number of pyridine rings is 1. The molecule has 2 aromatic rings. The van der Waals surface area contributed by atoms with Crippen LogP contribution in [0, 0.1) is 0 Å². The van der Waals surface area contributed by atoms with E-state index in [1.807, 2.05) is 12.4 Å². The van der Waals surface area contributed by atoms with Crippen LogP contribution in [0.5, 0.6) is 0 Å². The molecule has 0 radical (unpaired) electrons. The van der Waals surface area contributed by atoms with Crippen molar-refractivity contribution >= 4 is 5.69 Å². The van der Waals surface area contributed by atoms with Crippen molar-refractivity contribution in [2.75, 3.05) is 18.0 Å². The van der Waals surface area contributed by atoms with Gasteiger partial charge in [-0.2, -0.15) is 5.21 Å². The number of piperidine rings is 1. The van der Waals surface area contributed by atoms with Gasteiger partial charge < -0.3 is 10.2 Å². The predicted molar refractivity (Wildman–Crippen MR) is 70.5 cm³/mol. The SMILES string of the molecule is c1cc(N2CCC(NCc3nn[nH]n3)CC2)ccn1. The number of H-pyrrole nitrogens is 1. The van der Waals surface area contributed by atoms with Crippen LogP contribution in [-0.2, 0) is 6.54 Å². The minimum absolute atomic E-state index is 0.525. The van der Waals surface area contributed by atoms with Crippen molar-refractivity contribution in [3.05, 3.63) is 30.4 Å². The lowest BCUT2D eigenvalue weighted by Crippen LogP contribution is -2.42. The Morgan fingerprint density at radius 2 is 2.05 bits per heavy atom. The first kappa shape index (κ1) is 12.0. The molecule has 0 amide bonds. The van der Waals surface area contributed by atoms with Gasteiger partial charge in [-0.3, -0.25) is 4.98 Å². The predicted octanol–water partition coefficient (Wildman–Crippen LogP) is 0.353. The molecule has 19 heavy (non-hydrogen) atoms. The first-order chi connectivity index (χ1) is 9.42. The molecule has 3 rings (SSSR count). The van der Waals surface area contributed by atoms with E-state index in [0.29, 0.717) is 12.6 Å². The van der Waals surface area contributed by atoms with Crippen LogP contribution >= 0.6 is 0 Å². The molecule has 1 fully saturated rings. The maximum atomic E-state index is 4.05. The molecule has 2 aromatic heterocycles. The largest absolute Gasteiger partial charge is 0.371 e. The van der Waals surface area contributed by atoms with Crippen molar-refractivity contribution in [1.82, 2.24) is 30.9 Å². The van der Waals surface area contributed by atoms with Crippen LogP contribution < -0.4 is 10.2 Å². The smallest absolute Gasteiger partial charge is 0.188 e. The lowest BCUT2D eigenvalue weighted by molar-refractivity contribution is 0.409. The Bertz CT molecular complexity index is 476. The van der Waals surface area contributed by atoms with E-state index >= 15 is 0 Å².